The van der Waals surface area contributed by atoms with Gasteiger partial charge in [0.15, 0.2) is 0 Å². The fourth-order valence-electron chi connectivity index (χ4n) is 1.75. The summed E-state index contributed by atoms with van der Waals surface area (Å²) in [5.41, 5.74) is 2.74. The first kappa shape index (κ1) is 9.32. The lowest BCUT2D eigenvalue weighted by Crippen LogP contribution is -2.02. The summed E-state index contributed by atoms with van der Waals surface area (Å²) in [4.78, 5) is 0. The third kappa shape index (κ3) is 1.98. The minimum atomic E-state index is 1.02. The molecule has 0 fully saturated rings. The van der Waals surface area contributed by atoms with Gasteiger partial charge in [-0.05, 0) is 30.0 Å². The molecule has 1 heteroatoms. The largest absolute Gasteiger partial charge is 0.465 e. The molecular formula is C13H16O. The molecule has 0 N–H and O–H groups in total. The number of hydrogen-bond donors (Lipinski definition) is 0. The second-order valence-corrected chi connectivity index (χ2v) is 3.78. The monoisotopic (exact) mass is 188 g/mol. The van der Waals surface area contributed by atoms with Crippen LogP contribution >= 0.6 is 0 Å². The van der Waals surface area contributed by atoms with Crippen LogP contribution in [0.25, 0.3) is 0 Å². The molecule has 0 amide bonds. The molecule has 0 saturated carbocycles. The van der Waals surface area contributed by atoms with Crippen molar-refractivity contribution in [3.8, 4) is 5.75 Å². The molecular weight excluding hydrogens is 172 g/mol. The number of fused-ring (bicyclic) bond motifs is 1. The molecule has 0 radical (unpaired) electrons. The highest BCUT2D eigenvalue weighted by Gasteiger charge is 2.10. The lowest BCUT2D eigenvalue weighted by molar-refractivity contribution is 0.451. The quantitative estimate of drug-likeness (QED) is 0.702. The Balaban J connectivity index is 2.05. The van der Waals surface area contributed by atoms with Gasteiger partial charge < -0.3 is 4.74 Å². The standard InChI is InChI=1S/C13H16O/c1-2-3-6-11-9-12-7-4-5-8-13(12)14-10-11/h4-5,7-8,10H,2-3,6,9H2,1H3. The average Bonchev–Trinajstić information content (AvgIpc) is 2.26. The van der Waals surface area contributed by atoms with Crippen LogP contribution in [0.1, 0.15) is 31.7 Å². The molecule has 0 aliphatic carbocycles. The highest BCUT2D eigenvalue weighted by atomic mass is 16.5. The Morgan fingerprint density at radius 3 is 3.00 bits per heavy atom. The molecule has 0 saturated heterocycles. The van der Waals surface area contributed by atoms with E-state index in [2.05, 4.69) is 19.1 Å². The van der Waals surface area contributed by atoms with Crippen LogP contribution in [-0.4, -0.2) is 0 Å². The van der Waals surface area contributed by atoms with Crippen LogP contribution in [0.5, 0.6) is 5.75 Å². The second kappa shape index (κ2) is 4.32. The molecule has 1 nitrogen and oxygen atoms in total. The summed E-state index contributed by atoms with van der Waals surface area (Å²) >= 11 is 0. The van der Waals surface area contributed by atoms with Crippen molar-refractivity contribution in [3.63, 3.8) is 0 Å². The van der Waals surface area contributed by atoms with Crippen LogP contribution in [0.4, 0.5) is 0 Å². The highest BCUT2D eigenvalue weighted by molar-refractivity contribution is 5.39. The van der Waals surface area contributed by atoms with E-state index in [1.165, 1.54) is 30.4 Å². The molecule has 14 heavy (non-hydrogen) atoms. The fraction of sp³-hybridized carbons (Fsp3) is 0.385. The summed E-state index contributed by atoms with van der Waals surface area (Å²) in [6.07, 6.45) is 6.68. The van der Waals surface area contributed by atoms with E-state index in [-0.39, 0.29) is 0 Å². The number of para-hydroxylation sites is 1. The van der Waals surface area contributed by atoms with Crippen molar-refractivity contribution >= 4 is 0 Å². The zero-order chi connectivity index (χ0) is 9.80. The minimum Gasteiger partial charge on any atom is -0.465 e. The van der Waals surface area contributed by atoms with Crippen molar-refractivity contribution in [2.75, 3.05) is 0 Å². The Labute approximate surface area is 85.4 Å². The van der Waals surface area contributed by atoms with Crippen LogP contribution < -0.4 is 4.74 Å². The number of allylic oxidation sites excluding steroid dienone is 1. The minimum absolute atomic E-state index is 1.02. The van der Waals surface area contributed by atoms with Gasteiger partial charge in [-0.3, -0.25) is 0 Å². The van der Waals surface area contributed by atoms with Crippen LogP contribution in [0.2, 0.25) is 0 Å². The van der Waals surface area contributed by atoms with Gasteiger partial charge in [-0.1, -0.05) is 31.5 Å². The zero-order valence-electron chi connectivity index (χ0n) is 8.62. The molecule has 74 valence electrons. The van der Waals surface area contributed by atoms with E-state index >= 15 is 0 Å². The van der Waals surface area contributed by atoms with Crippen molar-refractivity contribution < 1.29 is 4.74 Å². The fourth-order valence-corrected chi connectivity index (χ4v) is 1.75. The summed E-state index contributed by atoms with van der Waals surface area (Å²) in [5.74, 6) is 1.02. The topological polar surface area (TPSA) is 9.23 Å². The molecule has 1 heterocycles. The SMILES string of the molecule is CCCCC1=COc2ccccc2C1. The first-order valence-electron chi connectivity index (χ1n) is 5.32. The number of hydrogen-bond acceptors (Lipinski definition) is 1. The van der Waals surface area contributed by atoms with E-state index in [9.17, 15) is 0 Å². The molecule has 2 rings (SSSR count). The molecule has 1 aromatic carbocycles. The Bertz CT molecular complexity index is 339. The highest BCUT2D eigenvalue weighted by Crippen LogP contribution is 2.27. The van der Waals surface area contributed by atoms with Gasteiger partial charge in [-0.2, -0.15) is 0 Å². The average molecular weight is 188 g/mol. The van der Waals surface area contributed by atoms with E-state index in [1.54, 1.807) is 0 Å². The smallest absolute Gasteiger partial charge is 0.130 e. The number of unbranched alkanes of at least 4 members (excludes halogenated alkanes) is 1. The summed E-state index contributed by atoms with van der Waals surface area (Å²) in [6.45, 7) is 2.22. The third-order valence-electron chi connectivity index (χ3n) is 2.59. The van der Waals surface area contributed by atoms with E-state index in [4.69, 9.17) is 4.74 Å². The molecule has 1 aliphatic rings. The van der Waals surface area contributed by atoms with Gasteiger partial charge >= 0.3 is 0 Å². The predicted octanol–water partition coefficient (Wildman–Crippen LogP) is 3.70. The van der Waals surface area contributed by atoms with Crippen molar-refractivity contribution in [1.82, 2.24) is 0 Å². The van der Waals surface area contributed by atoms with E-state index in [1.807, 2.05) is 18.4 Å². The zero-order valence-corrected chi connectivity index (χ0v) is 8.62. The summed E-state index contributed by atoms with van der Waals surface area (Å²) in [5, 5.41) is 0. The normalized spacial score (nSPS) is 14.2. The first-order valence-corrected chi connectivity index (χ1v) is 5.32. The maximum Gasteiger partial charge on any atom is 0.130 e. The van der Waals surface area contributed by atoms with E-state index in [0.717, 1.165) is 12.2 Å². The summed E-state index contributed by atoms with van der Waals surface area (Å²) < 4.78 is 5.57. The first-order chi connectivity index (χ1) is 6.90. The summed E-state index contributed by atoms with van der Waals surface area (Å²) in [7, 11) is 0. The molecule has 1 aromatic rings. The number of benzene rings is 1. The lowest BCUT2D eigenvalue weighted by atomic mass is 9.99. The number of rotatable bonds is 3. The molecule has 0 bridgehead atoms. The van der Waals surface area contributed by atoms with Gasteiger partial charge in [0.05, 0.1) is 6.26 Å². The maximum absolute atomic E-state index is 5.57. The lowest BCUT2D eigenvalue weighted by Gasteiger charge is -2.16. The Morgan fingerprint density at radius 2 is 2.14 bits per heavy atom. The van der Waals surface area contributed by atoms with Gasteiger partial charge in [0.25, 0.3) is 0 Å². The Morgan fingerprint density at radius 1 is 1.29 bits per heavy atom. The van der Waals surface area contributed by atoms with Crippen LogP contribution in [0.3, 0.4) is 0 Å². The molecule has 0 spiro atoms. The van der Waals surface area contributed by atoms with Crippen LogP contribution in [-0.2, 0) is 6.42 Å². The van der Waals surface area contributed by atoms with Crippen molar-refractivity contribution in [2.45, 2.75) is 32.6 Å². The van der Waals surface area contributed by atoms with Gasteiger partial charge in [0, 0.05) is 6.42 Å². The van der Waals surface area contributed by atoms with E-state index in [0.29, 0.717) is 0 Å². The molecule has 1 aliphatic heterocycles. The second-order valence-electron chi connectivity index (χ2n) is 3.78. The van der Waals surface area contributed by atoms with Crippen LogP contribution in [0, 0.1) is 0 Å². The molecule has 0 unspecified atom stereocenters. The van der Waals surface area contributed by atoms with Gasteiger partial charge in [0.1, 0.15) is 5.75 Å². The summed E-state index contributed by atoms with van der Waals surface area (Å²) in [6, 6.07) is 8.27. The predicted molar refractivity (Wildman–Crippen MR) is 58.4 cm³/mol. The van der Waals surface area contributed by atoms with Gasteiger partial charge in [-0.25, -0.2) is 0 Å². The molecule has 0 atom stereocenters. The van der Waals surface area contributed by atoms with E-state index < -0.39 is 0 Å². The van der Waals surface area contributed by atoms with Crippen molar-refractivity contribution in [2.24, 2.45) is 0 Å². The van der Waals surface area contributed by atoms with Gasteiger partial charge in [0.2, 0.25) is 0 Å². The molecule has 0 aromatic heterocycles. The maximum atomic E-state index is 5.57. The van der Waals surface area contributed by atoms with Crippen LogP contribution in [0.15, 0.2) is 36.1 Å². The third-order valence-corrected chi connectivity index (χ3v) is 2.59. The van der Waals surface area contributed by atoms with Crippen molar-refractivity contribution in [3.05, 3.63) is 41.7 Å². The Kier molecular flexibility index (Phi) is 2.87. The number of ether oxygens (including phenoxy) is 1. The van der Waals surface area contributed by atoms with Gasteiger partial charge in [-0.15, -0.1) is 0 Å². The Hall–Kier alpha value is -1.24. The van der Waals surface area contributed by atoms with Crippen molar-refractivity contribution in [1.29, 1.82) is 0 Å².